The predicted molar refractivity (Wildman–Crippen MR) is 106 cm³/mol. The second kappa shape index (κ2) is 6.82. The van der Waals surface area contributed by atoms with E-state index in [2.05, 4.69) is 9.88 Å². The highest BCUT2D eigenvalue weighted by Crippen LogP contribution is 2.31. The third-order valence-electron chi connectivity index (χ3n) is 4.84. The number of aromatic amines is 1. The maximum atomic E-state index is 6.39. The zero-order chi connectivity index (χ0) is 17.6. The summed E-state index contributed by atoms with van der Waals surface area (Å²) in [5.41, 5.74) is 11.2. The monoisotopic (exact) mass is 393 g/mol. The summed E-state index contributed by atoms with van der Waals surface area (Å²) in [4.78, 5) is 5.89. The lowest BCUT2D eigenvalue weighted by Gasteiger charge is -2.29. The molecule has 130 valence electrons. The van der Waals surface area contributed by atoms with Crippen molar-refractivity contribution in [2.45, 2.75) is 19.0 Å². The summed E-state index contributed by atoms with van der Waals surface area (Å²) < 4.78 is 0. The fraction of sp³-hybridized carbons (Fsp3) is 0.263. The quantitative estimate of drug-likeness (QED) is 0.642. The third-order valence-corrected chi connectivity index (χ3v) is 5.82. The van der Waals surface area contributed by atoms with Crippen molar-refractivity contribution in [1.29, 1.82) is 0 Å². The molecule has 2 aromatic carbocycles. The molecule has 3 aromatic rings. The number of nitrogens with zero attached hydrogens (tertiary/aromatic N) is 1. The number of rotatable bonds is 3. The van der Waals surface area contributed by atoms with Gasteiger partial charge in [-0.3, -0.25) is 4.90 Å². The summed E-state index contributed by atoms with van der Waals surface area (Å²) >= 11 is 18.2. The summed E-state index contributed by atoms with van der Waals surface area (Å²) in [6, 6.07) is 11.5. The number of halogens is 3. The molecule has 1 atom stereocenters. The number of nitrogens with two attached hydrogens (primary N) is 1. The fourth-order valence-electron chi connectivity index (χ4n) is 3.55. The van der Waals surface area contributed by atoms with Crippen LogP contribution in [0.15, 0.2) is 36.4 Å². The summed E-state index contributed by atoms with van der Waals surface area (Å²) in [6.45, 7) is 2.60. The topological polar surface area (TPSA) is 45.0 Å². The van der Waals surface area contributed by atoms with Crippen LogP contribution in [-0.4, -0.2) is 23.0 Å². The SMILES string of the molecule is NC(CN1CCc2c([nH]c3ccc(Cl)cc23)C1)c1ccc(Cl)c(Cl)c1. The average molecular weight is 395 g/mol. The Morgan fingerprint density at radius 2 is 1.92 bits per heavy atom. The molecule has 4 rings (SSSR count). The van der Waals surface area contributed by atoms with E-state index in [1.165, 1.54) is 16.6 Å². The van der Waals surface area contributed by atoms with E-state index >= 15 is 0 Å². The fourth-order valence-corrected chi connectivity index (χ4v) is 4.03. The Balaban J connectivity index is 1.52. The highest BCUT2D eigenvalue weighted by Gasteiger charge is 2.22. The van der Waals surface area contributed by atoms with Gasteiger partial charge in [0.05, 0.1) is 10.0 Å². The summed E-state index contributed by atoms with van der Waals surface area (Å²) in [7, 11) is 0. The van der Waals surface area contributed by atoms with Crippen molar-refractivity contribution in [3.63, 3.8) is 0 Å². The average Bonchev–Trinajstić information content (AvgIpc) is 2.94. The van der Waals surface area contributed by atoms with E-state index in [1.807, 2.05) is 30.3 Å². The maximum absolute atomic E-state index is 6.39. The second-order valence-electron chi connectivity index (χ2n) is 6.54. The Bertz CT molecular complexity index is 935. The lowest BCUT2D eigenvalue weighted by atomic mass is 10.0. The number of hydrogen-bond donors (Lipinski definition) is 2. The van der Waals surface area contributed by atoms with Crippen LogP contribution >= 0.6 is 34.8 Å². The van der Waals surface area contributed by atoms with Gasteiger partial charge in [0.25, 0.3) is 0 Å². The number of H-pyrrole nitrogens is 1. The van der Waals surface area contributed by atoms with Crippen molar-refractivity contribution in [2.75, 3.05) is 13.1 Å². The molecule has 1 unspecified atom stereocenters. The Kier molecular flexibility index (Phi) is 4.69. The highest BCUT2D eigenvalue weighted by atomic mass is 35.5. The van der Waals surface area contributed by atoms with Gasteiger partial charge in [0, 0.05) is 47.3 Å². The highest BCUT2D eigenvalue weighted by molar-refractivity contribution is 6.42. The van der Waals surface area contributed by atoms with E-state index in [1.54, 1.807) is 6.07 Å². The summed E-state index contributed by atoms with van der Waals surface area (Å²) in [6.07, 6.45) is 0.990. The molecule has 0 amide bonds. The molecule has 0 saturated heterocycles. The van der Waals surface area contributed by atoms with E-state index < -0.39 is 0 Å². The van der Waals surface area contributed by atoms with E-state index in [0.29, 0.717) is 10.0 Å². The van der Waals surface area contributed by atoms with Gasteiger partial charge in [-0.15, -0.1) is 0 Å². The van der Waals surface area contributed by atoms with Crippen LogP contribution in [0.4, 0.5) is 0 Å². The van der Waals surface area contributed by atoms with Gasteiger partial charge < -0.3 is 10.7 Å². The van der Waals surface area contributed by atoms with Crippen LogP contribution in [0.1, 0.15) is 22.9 Å². The van der Waals surface area contributed by atoms with Crippen LogP contribution < -0.4 is 5.73 Å². The summed E-state index contributed by atoms with van der Waals surface area (Å²) in [5.74, 6) is 0. The van der Waals surface area contributed by atoms with Gasteiger partial charge in [-0.25, -0.2) is 0 Å². The minimum Gasteiger partial charge on any atom is -0.357 e. The molecule has 0 spiro atoms. The van der Waals surface area contributed by atoms with E-state index in [9.17, 15) is 0 Å². The molecule has 1 aromatic heterocycles. The van der Waals surface area contributed by atoms with Crippen LogP contribution in [0.5, 0.6) is 0 Å². The molecule has 0 aliphatic carbocycles. The van der Waals surface area contributed by atoms with Crippen molar-refractivity contribution in [3.8, 4) is 0 Å². The Morgan fingerprint density at radius 1 is 1.08 bits per heavy atom. The molecule has 6 heteroatoms. The van der Waals surface area contributed by atoms with Crippen molar-refractivity contribution in [2.24, 2.45) is 5.73 Å². The number of nitrogens with one attached hydrogen (secondary N) is 1. The first kappa shape index (κ1) is 17.2. The largest absolute Gasteiger partial charge is 0.357 e. The van der Waals surface area contributed by atoms with E-state index in [0.717, 1.165) is 42.2 Å². The van der Waals surface area contributed by atoms with Crippen LogP contribution in [0.3, 0.4) is 0 Å². The molecule has 3 N–H and O–H groups in total. The standard InChI is InChI=1S/C19H18Cl3N3/c20-12-2-4-18-14(8-12)13-5-6-25(10-19(13)24-18)9-17(23)11-1-3-15(21)16(22)7-11/h1-4,7-8,17,24H,5-6,9-10,23H2. The lowest BCUT2D eigenvalue weighted by Crippen LogP contribution is -2.36. The molecular formula is C19H18Cl3N3. The van der Waals surface area contributed by atoms with Gasteiger partial charge >= 0.3 is 0 Å². The van der Waals surface area contributed by atoms with Gasteiger partial charge in [-0.1, -0.05) is 40.9 Å². The lowest BCUT2D eigenvalue weighted by molar-refractivity contribution is 0.237. The van der Waals surface area contributed by atoms with Crippen molar-refractivity contribution in [1.82, 2.24) is 9.88 Å². The van der Waals surface area contributed by atoms with Crippen LogP contribution in [0, 0.1) is 0 Å². The van der Waals surface area contributed by atoms with Crippen LogP contribution in [-0.2, 0) is 13.0 Å². The molecule has 1 aliphatic rings. The third kappa shape index (κ3) is 3.40. The molecule has 0 bridgehead atoms. The molecule has 0 radical (unpaired) electrons. The molecule has 0 fully saturated rings. The zero-order valence-electron chi connectivity index (χ0n) is 13.5. The van der Waals surface area contributed by atoms with Gasteiger partial charge in [0.2, 0.25) is 0 Å². The molecule has 0 saturated carbocycles. The van der Waals surface area contributed by atoms with E-state index in [4.69, 9.17) is 40.5 Å². The zero-order valence-corrected chi connectivity index (χ0v) is 15.8. The molecule has 1 aliphatic heterocycles. The molecular weight excluding hydrogens is 377 g/mol. The van der Waals surface area contributed by atoms with Gasteiger partial charge in [0.15, 0.2) is 0 Å². The molecule has 25 heavy (non-hydrogen) atoms. The summed E-state index contributed by atoms with van der Waals surface area (Å²) in [5, 5.41) is 3.11. The number of fused-ring (bicyclic) bond motifs is 3. The smallest absolute Gasteiger partial charge is 0.0595 e. The van der Waals surface area contributed by atoms with Crippen molar-refractivity contribution < 1.29 is 0 Å². The van der Waals surface area contributed by atoms with Gasteiger partial charge in [-0.05, 0) is 47.9 Å². The Labute approximate surface area is 161 Å². The minimum atomic E-state index is -0.102. The van der Waals surface area contributed by atoms with Crippen LogP contribution in [0.25, 0.3) is 10.9 Å². The van der Waals surface area contributed by atoms with Gasteiger partial charge in [0.1, 0.15) is 0 Å². The van der Waals surface area contributed by atoms with Crippen molar-refractivity contribution in [3.05, 3.63) is 68.3 Å². The second-order valence-corrected chi connectivity index (χ2v) is 7.79. The van der Waals surface area contributed by atoms with Crippen LogP contribution in [0.2, 0.25) is 15.1 Å². The minimum absolute atomic E-state index is 0.102. The van der Waals surface area contributed by atoms with Gasteiger partial charge in [-0.2, -0.15) is 0 Å². The number of aromatic nitrogens is 1. The number of hydrogen-bond acceptors (Lipinski definition) is 2. The number of benzene rings is 2. The first-order valence-electron chi connectivity index (χ1n) is 8.23. The Morgan fingerprint density at radius 3 is 2.72 bits per heavy atom. The normalized spacial score (nSPS) is 16.2. The van der Waals surface area contributed by atoms with E-state index in [-0.39, 0.29) is 6.04 Å². The first-order valence-corrected chi connectivity index (χ1v) is 9.36. The Hall–Kier alpha value is -1.23. The first-order chi connectivity index (χ1) is 12.0. The predicted octanol–water partition coefficient (Wildman–Crippen LogP) is 5.19. The maximum Gasteiger partial charge on any atom is 0.0595 e. The molecule has 2 heterocycles. The van der Waals surface area contributed by atoms with Crippen molar-refractivity contribution >= 4 is 45.7 Å². The molecule has 3 nitrogen and oxygen atoms in total.